The summed E-state index contributed by atoms with van der Waals surface area (Å²) in [5.41, 5.74) is 6.26. The molecule has 14 heteroatoms. The zero-order chi connectivity index (χ0) is 42.0. The fraction of sp³-hybridized carbons (Fsp3) is 0.500. The average molecular weight is 835 g/mol. The number of amides is 5. The number of likely N-dealkylation sites (tertiary alicyclic amines) is 1. The quantitative estimate of drug-likeness (QED) is 0.0833. The summed E-state index contributed by atoms with van der Waals surface area (Å²) < 4.78 is 0. The summed E-state index contributed by atoms with van der Waals surface area (Å²) in [7, 11) is 0. The maximum absolute atomic E-state index is 13.5. The molecule has 4 aliphatic rings. The highest BCUT2D eigenvalue weighted by Crippen LogP contribution is 2.35. The van der Waals surface area contributed by atoms with Crippen LogP contribution in [0.15, 0.2) is 59.8 Å². The maximum atomic E-state index is 13.5. The lowest BCUT2D eigenvalue weighted by Gasteiger charge is -2.37. The van der Waals surface area contributed by atoms with Crippen molar-refractivity contribution in [2.45, 2.75) is 89.1 Å². The second-order valence-corrected chi connectivity index (χ2v) is 17.6. The third kappa shape index (κ3) is 11.0. The minimum absolute atomic E-state index is 0.121. The number of hydrogen-bond acceptors (Lipinski definition) is 10. The number of unbranched alkanes of at least 4 members (excludes halogenated alkanes) is 2. The van der Waals surface area contributed by atoms with Crippen LogP contribution >= 0.6 is 11.8 Å². The lowest BCUT2D eigenvalue weighted by atomic mass is 9.91. The summed E-state index contributed by atoms with van der Waals surface area (Å²) in [4.78, 5) is 81.1. The monoisotopic (exact) mass is 834 g/mol. The molecule has 2 N–H and O–H groups in total. The third-order valence-corrected chi connectivity index (χ3v) is 13.4. The summed E-state index contributed by atoms with van der Waals surface area (Å²) in [6.07, 6.45) is 14.4. The van der Waals surface area contributed by atoms with E-state index in [1.54, 1.807) is 35.1 Å². The molecule has 0 saturated carbocycles. The van der Waals surface area contributed by atoms with Crippen LogP contribution in [0.1, 0.15) is 101 Å². The standard InChI is InChI=1S/C46H58N8O5S/c1-32-28-35(45(58)53-21-17-34(18-22-53)8-3-4-19-48-42(55)15-12-36-30-47-29-33(2)49-36)11-13-39(32)52-25-23-51(24-26-52)20-5-6-27-60-41-10-7-9-37-38(41)31-54(46(37)59)40-14-16-43(56)50-44(40)57/h7,9-13,15,28-30,34,40H,3-6,8,14,16-27,31H2,1-2H3,(H,48,55)(H,50,56,57)/b15-12+. The highest BCUT2D eigenvalue weighted by Gasteiger charge is 2.40. The van der Waals surface area contributed by atoms with Crippen LogP contribution in [0.5, 0.6) is 0 Å². The van der Waals surface area contributed by atoms with Crippen LogP contribution in [0.4, 0.5) is 5.69 Å². The Balaban J connectivity index is 0.763. The lowest BCUT2D eigenvalue weighted by Crippen LogP contribution is -2.52. The Hall–Kier alpha value is -5.08. The van der Waals surface area contributed by atoms with Gasteiger partial charge in [0.15, 0.2) is 0 Å². The third-order valence-electron chi connectivity index (χ3n) is 12.2. The van der Waals surface area contributed by atoms with Crippen LogP contribution < -0.4 is 15.5 Å². The molecule has 1 atom stereocenters. The molecule has 1 aromatic heterocycles. The molecule has 60 heavy (non-hydrogen) atoms. The van der Waals surface area contributed by atoms with E-state index in [4.69, 9.17) is 0 Å². The first-order valence-corrected chi connectivity index (χ1v) is 22.6. The smallest absolute Gasteiger partial charge is 0.255 e. The Labute approximate surface area is 357 Å². The highest BCUT2D eigenvalue weighted by molar-refractivity contribution is 7.99. The number of aryl methyl sites for hydroxylation is 2. The maximum Gasteiger partial charge on any atom is 0.255 e. The molecule has 3 aromatic rings. The molecule has 13 nitrogen and oxygen atoms in total. The molecule has 1 unspecified atom stereocenters. The molecular weight excluding hydrogens is 777 g/mol. The molecule has 0 aliphatic carbocycles. The van der Waals surface area contributed by atoms with Crippen molar-refractivity contribution in [3.05, 3.63) is 88.5 Å². The second kappa shape index (κ2) is 20.5. The Kier molecular flexibility index (Phi) is 14.7. The topological polar surface area (TPSA) is 148 Å². The molecule has 5 heterocycles. The number of anilines is 1. The van der Waals surface area contributed by atoms with E-state index >= 15 is 0 Å². The molecular formula is C46H58N8O5S. The van der Waals surface area contributed by atoms with Crippen molar-refractivity contribution in [1.29, 1.82) is 0 Å². The predicted octanol–water partition coefficient (Wildman–Crippen LogP) is 5.40. The van der Waals surface area contributed by atoms with E-state index in [1.165, 1.54) is 11.8 Å². The van der Waals surface area contributed by atoms with Crippen molar-refractivity contribution in [2.75, 3.05) is 63.0 Å². The minimum atomic E-state index is -0.596. The van der Waals surface area contributed by atoms with Crippen LogP contribution in [-0.2, 0) is 20.9 Å². The van der Waals surface area contributed by atoms with Crippen molar-refractivity contribution in [1.82, 2.24) is 35.3 Å². The van der Waals surface area contributed by atoms with Crippen LogP contribution in [0.3, 0.4) is 0 Å². The van der Waals surface area contributed by atoms with E-state index in [9.17, 15) is 24.0 Å². The minimum Gasteiger partial charge on any atom is -0.369 e. The van der Waals surface area contributed by atoms with Crippen LogP contribution in [-0.4, -0.2) is 118 Å². The fourth-order valence-electron chi connectivity index (χ4n) is 8.83. The number of carbonyl (C=O) groups excluding carboxylic acids is 5. The van der Waals surface area contributed by atoms with Gasteiger partial charge in [-0.25, -0.2) is 0 Å². The predicted molar refractivity (Wildman–Crippen MR) is 234 cm³/mol. The van der Waals surface area contributed by atoms with E-state index in [-0.39, 0.29) is 36.0 Å². The second-order valence-electron chi connectivity index (χ2n) is 16.5. The van der Waals surface area contributed by atoms with Gasteiger partial charge >= 0.3 is 0 Å². The van der Waals surface area contributed by atoms with Gasteiger partial charge in [0.2, 0.25) is 17.7 Å². The number of benzene rings is 2. The Morgan fingerprint density at radius 1 is 0.933 bits per heavy atom. The van der Waals surface area contributed by atoms with Gasteiger partial charge in [-0.2, -0.15) is 0 Å². The first-order valence-electron chi connectivity index (χ1n) is 21.6. The zero-order valence-electron chi connectivity index (χ0n) is 35.0. The number of aromatic nitrogens is 2. The number of hydrogen-bond donors (Lipinski definition) is 2. The van der Waals surface area contributed by atoms with E-state index in [2.05, 4.69) is 55.5 Å². The zero-order valence-corrected chi connectivity index (χ0v) is 35.8. The largest absolute Gasteiger partial charge is 0.369 e. The van der Waals surface area contributed by atoms with Gasteiger partial charge in [0.05, 0.1) is 17.6 Å². The highest BCUT2D eigenvalue weighted by atomic mass is 32.2. The molecule has 2 aromatic carbocycles. The molecule has 318 valence electrons. The van der Waals surface area contributed by atoms with E-state index in [0.717, 1.165) is 124 Å². The van der Waals surface area contributed by atoms with Crippen molar-refractivity contribution in [3.8, 4) is 0 Å². The van der Waals surface area contributed by atoms with Gasteiger partial charge in [-0.1, -0.05) is 18.9 Å². The lowest BCUT2D eigenvalue weighted by molar-refractivity contribution is -0.137. The number of carbonyl (C=O) groups is 5. The van der Waals surface area contributed by atoms with Crippen LogP contribution in [0.25, 0.3) is 6.08 Å². The van der Waals surface area contributed by atoms with Crippen molar-refractivity contribution in [3.63, 3.8) is 0 Å². The Bertz CT molecular complexity index is 2080. The molecule has 0 radical (unpaired) electrons. The average Bonchev–Trinajstić information content (AvgIpc) is 3.59. The number of imide groups is 1. The SMILES string of the molecule is Cc1cncc(/C=C/C(=O)NCCCCC2CCN(C(=O)c3ccc(N4CCN(CCCCSc5cccc6c5CN(C5CCC(=O)NC5=O)C6=O)CC4)c(C)c3)CC2)n1. The van der Waals surface area contributed by atoms with E-state index in [1.807, 2.05) is 30.0 Å². The molecule has 7 rings (SSSR count). The van der Waals surface area contributed by atoms with E-state index in [0.29, 0.717) is 36.7 Å². The molecule has 5 amide bonds. The van der Waals surface area contributed by atoms with E-state index < -0.39 is 6.04 Å². The summed E-state index contributed by atoms with van der Waals surface area (Å²) in [5.74, 6) is 0.784. The van der Waals surface area contributed by atoms with Gasteiger partial charge in [0.1, 0.15) is 6.04 Å². The van der Waals surface area contributed by atoms with Gasteiger partial charge in [0.25, 0.3) is 11.8 Å². The summed E-state index contributed by atoms with van der Waals surface area (Å²) in [5, 5.41) is 5.34. The van der Waals surface area contributed by atoms with Gasteiger partial charge < -0.3 is 20.0 Å². The summed E-state index contributed by atoms with van der Waals surface area (Å²) >= 11 is 1.78. The van der Waals surface area contributed by atoms with Gasteiger partial charge in [-0.3, -0.25) is 44.2 Å². The van der Waals surface area contributed by atoms with Gasteiger partial charge in [-0.15, -0.1) is 11.8 Å². The number of rotatable bonds is 16. The Morgan fingerprint density at radius 2 is 1.75 bits per heavy atom. The molecule has 3 fully saturated rings. The molecule has 0 spiro atoms. The number of nitrogens with one attached hydrogen (secondary N) is 2. The molecule has 4 aliphatic heterocycles. The first-order chi connectivity index (χ1) is 29.1. The van der Waals surface area contributed by atoms with Crippen molar-refractivity contribution in [2.24, 2.45) is 5.92 Å². The fourth-order valence-corrected chi connectivity index (χ4v) is 9.92. The number of piperidine rings is 2. The number of fused-ring (bicyclic) bond motifs is 1. The van der Waals surface area contributed by atoms with Gasteiger partial charge in [0, 0.05) is 92.8 Å². The molecule has 3 saturated heterocycles. The number of piperazine rings is 1. The Morgan fingerprint density at radius 3 is 2.52 bits per heavy atom. The van der Waals surface area contributed by atoms with Gasteiger partial charge in [-0.05, 0) is 118 Å². The van der Waals surface area contributed by atoms with Crippen molar-refractivity contribution < 1.29 is 24.0 Å². The molecule has 0 bridgehead atoms. The van der Waals surface area contributed by atoms with Crippen LogP contribution in [0, 0.1) is 19.8 Å². The summed E-state index contributed by atoms with van der Waals surface area (Å²) in [6.45, 7) is 11.6. The van der Waals surface area contributed by atoms with Crippen LogP contribution in [0.2, 0.25) is 0 Å². The summed E-state index contributed by atoms with van der Waals surface area (Å²) in [6, 6.07) is 11.4. The first kappa shape index (κ1) is 43.0. The normalized spacial score (nSPS) is 18.9. The van der Waals surface area contributed by atoms with Crippen molar-refractivity contribution >= 4 is 53.1 Å². The number of nitrogens with zero attached hydrogens (tertiary/aromatic N) is 6. The number of thioether (sulfide) groups is 1.